The molecule has 4 nitrogen and oxygen atoms in total. The smallest absolute Gasteiger partial charge is 0.236 e. The quantitative estimate of drug-likeness (QED) is 0.833. The highest BCUT2D eigenvalue weighted by Crippen LogP contribution is 2.25. The van der Waals surface area contributed by atoms with Gasteiger partial charge in [0.1, 0.15) is 0 Å². The van der Waals surface area contributed by atoms with Crippen molar-refractivity contribution >= 4 is 15.7 Å². The van der Waals surface area contributed by atoms with E-state index in [-0.39, 0.29) is 5.92 Å². The number of anilines is 1. The molecule has 0 aromatic heterocycles. The van der Waals surface area contributed by atoms with Gasteiger partial charge in [-0.1, -0.05) is 32.0 Å². The standard InChI is InChI=1S/C13H22N2O2S/c1-10(2)12-7-5-6-8-13(12)15-18(16,17)11(3)9-14-4/h5-8,10-11,14-15H,9H2,1-4H3. The van der Waals surface area contributed by atoms with Crippen molar-refractivity contribution in [1.82, 2.24) is 5.32 Å². The van der Waals surface area contributed by atoms with Gasteiger partial charge in [-0.25, -0.2) is 8.42 Å². The molecule has 0 aliphatic rings. The fourth-order valence-corrected chi connectivity index (χ4v) is 2.82. The molecule has 0 bridgehead atoms. The van der Waals surface area contributed by atoms with Gasteiger partial charge in [0, 0.05) is 6.54 Å². The first-order valence-electron chi connectivity index (χ1n) is 6.13. The van der Waals surface area contributed by atoms with Gasteiger partial charge >= 0.3 is 0 Å². The molecular weight excluding hydrogens is 248 g/mol. The average Bonchev–Trinajstić information content (AvgIpc) is 2.29. The van der Waals surface area contributed by atoms with E-state index in [0.717, 1.165) is 5.56 Å². The Morgan fingerprint density at radius 2 is 1.78 bits per heavy atom. The zero-order valence-corrected chi connectivity index (χ0v) is 12.2. The maximum atomic E-state index is 12.1. The van der Waals surface area contributed by atoms with Gasteiger partial charge in [-0.15, -0.1) is 0 Å². The number of rotatable bonds is 6. The van der Waals surface area contributed by atoms with Crippen molar-refractivity contribution in [1.29, 1.82) is 0 Å². The first-order valence-corrected chi connectivity index (χ1v) is 7.68. The number of benzene rings is 1. The van der Waals surface area contributed by atoms with Crippen LogP contribution >= 0.6 is 0 Å². The van der Waals surface area contributed by atoms with Crippen LogP contribution in [0.5, 0.6) is 0 Å². The number of sulfonamides is 1. The van der Waals surface area contributed by atoms with Crippen LogP contribution in [0, 0.1) is 0 Å². The Labute approximate surface area is 110 Å². The molecule has 0 heterocycles. The van der Waals surface area contributed by atoms with E-state index in [4.69, 9.17) is 0 Å². The lowest BCUT2D eigenvalue weighted by Crippen LogP contribution is -2.33. The van der Waals surface area contributed by atoms with Crippen LogP contribution in [0.3, 0.4) is 0 Å². The molecule has 0 radical (unpaired) electrons. The molecule has 5 heteroatoms. The Balaban J connectivity index is 2.97. The number of hydrogen-bond acceptors (Lipinski definition) is 3. The molecule has 1 aromatic carbocycles. The number of hydrogen-bond donors (Lipinski definition) is 2. The lowest BCUT2D eigenvalue weighted by atomic mass is 10.0. The summed E-state index contributed by atoms with van der Waals surface area (Å²) in [5, 5.41) is 2.41. The SMILES string of the molecule is CNCC(C)S(=O)(=O)Nc1ccccc1C(C)C. The fraction of sp³-hybridized carbons (Fsp3) is 0.538. The summed E-state index contributed by atoms with van der Waals surface area (Å²) in [5.74, 6) is 0.281. The minimum absolute atomic E-state index is 0.281. The molecule has 1 aromatic rings. The zero-order chi connectivity index (χ0) is 13.8. The number of nitrogens with one attached hydrogen (secondary N) is 2. The van der Waals surface area contributed by atoms with Crippen LogP contribution < -0.4 is 10.0 Å². The van der Waals surface area contributed by atoms with Crippen molar-refractivity contribution in [2.24, 2.45) is 0 Å². The maximum absolute atomic E-state index is 12.1. The lowest BCUT2D eigenvalue weighted by molar-refractivity contribution is 0.583. The van der Waals surface area contributed by atoms with E-state index in [9.17, 15) is 8.42 Å². The minimum Gasteiger partial charge on any atom is -0.318 e. The van der Waals surface area contributed by atoms with Crippen LogP contribution in [0.15, 0.2) is 24.3 Å². The van der Waals surface area contributed by atoms with Crippen molar-refractivity contribution < 1.29 is 8.42 Å². The van der Waals surface area contributed by atoms with E-state index >= 15 is 0 Å². The topological polar surface area (TPSA) is 58.2 Å². The molecule has 2 N–H and O–H groups in total. The van der Waals surface area contributed by atoms with E-state index in [0.29, 0.717) is 12.2 Å². The predicted molar refractivity (Wildman–Crippen MR) is 76.5 cm³/mol. The van der Waals surface area contributed by atoms with Gasteiger partial charge in [-0.2, -0.15) is 0 Å². The van der Waals surface area contributed by atoms with Crippen molar-refractivity contribution in [2.45, 2.75) is 31.9 Å². The molecule has 0 aliphatic carbocycles. The van der Waals surface area contributed by atoms with Crippen LogP contribution in [-0.4, -0.2) is 27.3 Å². The number of para-hydroxylation sites is 1. The van der Waals surface area contributed by atoms with E-state index in [1.54, 1.807) is 20.0 Å². The second kappa shape index (κ2) is 6.20. The van der Waals surface area contributed by atoms with Gasteiger partial charge in [-0.05, 0) is 31.5 Å². The van der Waals surface area contributed by atoms with Crippen LogP contribution in [-0.2, 0) is 10.0 Å². The van der Waals surface area contributed by atoms with Crippen molar-refractivity contribution in [3.8, 4) is 0 Å². The Morgan fingerprint density at radius 3 is 2.33 bits per heavy atom. The van der Waals surface area contributed by atoms with E-state index in [1.807, 2.05) is 32.0 Å². The molecular formula is C13H22N2O2S. The summed E-state index contributed by atoms with van der Waals surface area (Å²) in [6, 6.07) is 7.51. The van der Waals surface area contributed by atoms with Gasteiger partial charge in [0.25, 0.3) is 0 Å². The Bertz CT molecular complexity index is 484. The first kappa shape index (κ1) is 15.0. The van der Waals surface area contributed by atoms with E-state index in [2.05, 4.69) is 10.0 Å². The summed E-state index contributed by atoms with van der Waals surface area (Å²) in [7, 11) is -1.60. The van der Waals surface area contributed by atoms with Crippen LogP contribution in [0.4, 0.5) is 5.69 Å². The predicted octanol–water partition coefficient (Wildman–Crippen LogP) is 2.16. The zero-order valence-electron chi connectivity index (χ0n) is 11.4. The summed E-state index contributed by atoms with van der Waals surface area (Å²) < 4.78 is 26.9. The summed E-state index contributed by atoms with van der Waals surface area (Å²) >= 11 is 0. The molecule has 0 spiro atoms. The van der Waals surface area contributed by atoms with E-state index < -0.39 is 15.3 Å². The van der Waals surface area contributed by atoms with Gasteiger partial charge in [-0.3, -0.25) is 4.72 Å². The third kappa shape index (κ3) is 3.71. The van der Waals surface area contributed by atoms with Crippen molar-refractivity contribution in [3.63, 3.8) is 0 Å². The third-order valence-electron chi connectivity index (χ3n) is 2.86. The third-order valence-corrected chi connectivity index (χ3v) is 4.59. The van der Waals surface area contributed by atoms with Crippen LogP contribution in [0.2, 0.25) is 0 Å². The Hall–Kier alpha value is -1.07. The monoisotopic (exact) mass is 270 g/mol. The van der Waals surface area contributed by atoms with Crippen molar-refractivity contribution in [2.75, 3.05) is 18.3 Å². The average molecular weight is 270 g/mol. The largest absolute Gasteiger partial charge is 0.318 e. The highest BCUT2D eigenvalue weighted by atomic mass is 32.2. The summed E-state index contributed by atoms with van der Waals surface area (Å²) in [6.07, 6.45) is 0. The molecule has 1 rings (SSSR count). The highest BCUT2D eigenvalue weighted by Gasteiger charge is 2.21. The van der Waals surface area contributed by atoms with Gasteiger partial charge < -0.3 is 5.32 Å². The second-order valence-electron chi connectivity index (χ2n) is 4.76. The molecule has 1 atom stereocenters. The minimum atomic E-state index is -3.34. The molecule has 0 amide bonds. The molecule has 102 valence electrons. The van der Waals surface area contributed by atoms with Crippen molar-refractivity contribution in [3.05, 3.63) is 29.8 Å². The Morgan fingerprint density at radius 1 is 1.17 bits per heavy atom. The molecule has 0 fully saturated rings. The van der Waals surface area contributed by atoms with E-state index in [1.165, 1.54) is 0 Å². The van der Waals surface area contributed by atoms with Crippen LogP contribution in [0.25, 0.3) is 0 Å². The van der Waals surface area contributed by atoms with Gasteiger partial charge in [0.15, 0.2) is 0 Å². The molecule has 1 unspecified atom stereocenters. The second-order valence-corrected chi connectivity index (χ2v) is 6.86. The van der Waals surface area contributed by atoms with Gasteiger partial charge in [0.05, 0.1) is 10.9 Å². The lowest BCUT2D eigenvalue weighted by Gasteiger charge is -2.18. The van der Waals surface area contributed by atoms with Gasteiger partial charge in [0.2, 0.25) is 10.0 Å². The van der Waals surface area contributed by atoms with Crippen LogP contribution in [0.1, 0.15) is 32.3 Å². The Kier molecular flexibility index (Phi) is 5.16. The molecule has 0 saturated heterocycles. The summed E-state index contributed by atoms with van der Waals surface area (Å²) in [5.41, 5.74) is 1.69. The molecule has 18 heavy (non-hydrogen) atoms. The molecule has 0 saturated carbocycles. The maximum Gasteiger partial charge on any atom is 0.236 e. The molecule has 0 aliphatic heterocycles. The summed E-state index contributed by atoms with van der Waals surface area (Å²) in [4.78, 5) is 0. The first-order chi connectivity index (χ1) is 8.38. The highest BCUT2D eigenvalue weighted by molar-refractivity contribution is 7.93. The summed E-state index contributed by atoms with van der Waals surface area (Å²) in [6.45, 7) is 6.21. The normalized spacial score (nSPS) is 13.6. The fourth-order valence-electron chi connectivity index (χ4n) is 1.74.